The average molecular weight is 217 g/mol. The summed E-state index contributed by atoms with van der Waals surface area (Å²) in [5, 5.41) is 3.94. The van der Waals surface area contributed by atoms with Crippen molar-refractivity contribution in [3.8, 4) is 0 Å². The molecule has 1 N–H and O–H groups in total. The molecule has 0 saturated heterocycles. The molecule has 84 valence electrons. The van der Waals surface area contributed by atoms with Crippen LogP contribution in [-0.4, -0.2) is 28.3 Å². The quantitative estimate of drug-likeness (QED) is 0.730. The maximum Gasteiger partial charge on any atom is 0.0498 e. The van der Waals surface area contributed by atoms with E-state index >= 15 is 0 Å². The van der Waals surface area contributed by atoms with E-state index in [4.69, 9.17) is 0 Å². The second kappa shape index (κ2) is 6.57. The Bertz CT molecular complexity index is 184. The molecule has 3 atom stereocenters. The van der Waals surface area contributed by atoms with Gasteiger partial charge in [-0.05, 0) is 25.8 Å². The third-order valence-corrected chi connectivity index (χ3v) is 4.45. The fourth-order valence-corrected chi connectivity index (χ4v) is 3.43. The van der Waals surface area contributed by atoms with Crippen molar-refractivity contribution in [2.24, 2.45) is 0 Å². The van der Waals surface area contributed by atoms with Crippen molar-refractivity contribution in [3.63, 3.8) is 0 Å². The SMILES string of the molecule is CCCNC1CCCCCC1S(C)=O. The molecule has 0 heterocycles. The predicted octanol–water partition coefficient (Wildman–Crippen LogP) is 2.07. The molecule has 0 radical (unpaired) electrons. The van der Waals surface area contributed by atoms with E-state index in [1.54, 1.807) is 0 Å². The largest absolute Gasteiger partial charge is 0.313 e. The summed E-state index contributed by atoms with van der Waals surface area (Å²) in [6.07, 6.45) is 9.26. The molecule has 1 fully saturated rings. The van der Waals surface area contributed by atoms with Crippen LogP contribution >= 0.6 is 0 Å². The van der Waals surface area contributed by atoms with Crippen LogP contribution in [0.1, 0.15) is 45.4 Å². The summed E-state index contributed by atoms with van der Waals surface area (Å²) < 4.78 is 11.6. The maximum atomic E-state index is 11.6. The average Bonchev–Trinajstić information content (AvgIpc) is 2.39. The molecule has 1 aliphatic rings. The molecule has 0 amide bonds. The predicted molar refractivity (Wildman–Crippen MR) is 63.0 cm³/mol. The topological polar surface area (TPSA) is 29.1 Å². The lowest BCUT2D eigenvalue weighted by molar-refractivity contribution is 0.463. The summed E-state index contributed by atoms with van der Waals surface area (Å²) in [5.41, 5.74) is 0. The van der Waals surface area contributed by atoms with E-state index < -0.39 is 10.8 Å². The van der Waals surface area contributed by atoms with Crippen molar-refractivity contribution in [1.82, 2.24) is 5.32 Å². The smallest absolute Gasteiger partial charge is 0.0498 e. The Morgan fingerprint density at radius 3 is 2.64 bits per heavy atom. The van der Waals surface area contributed by atoms with Gasteiger partial charge in [-0.15, -0.1) is 0 Å². The second-order valence-electron chi connectivity index (χ2n) is 4.24. The molecular formula is C11H23NOS. The van der Waals surface area contributed by atoms with Gasteiger partial charge in [-0.1, -0.05) is 26.2 Å². The number of rotatable bonds is 4. The van der Waals surface area contributed by atoms with E-state index in [0.29, 0.717) is 11.3 Å². The molecule has 14 heavy (non-hydrogen) atoms. The molecule has 0 aromatic rings. The second-order valence-corrected chi connectivity index (χ2v) is 5.84. The molecule has 0 aromatic heterocycles. The van der Waals surface area contributed by atoms with Gasteiger partial charge in [0.1, 0.15) is 0 Å². The van der Waals surface area contributed by atoms with Crippen LogP contribution in [0.4, 0.5) is 0 Å². The summed E-state index contributed by atoms with van der Waals surface area (Å²) in [6.45, 7) is 3.25. The Morgan fingerprint density at radius 1 is 1.29 bits per heavy atom. The van der Waals surface area contributed by atoms with Crippen LogP contribution in [-0.2, 0) is 10.8 Å². The molecule has 1 saturated carbocycles. The van der Waals surface area contributed by atoms with Crippen LogP contribution in [0.3, 0.4) is 0 Å². The van der Waals surface area contributed by atoms with E-state index in [0.717, 1.165) is 13.0 Å². The molecule has 0 bridgehead atoms. The molecule has 0 spiro atoms. The Hall–Kier alpha value is 0.110. The van der Waals surface area contributed by atoms with Crippen molar-refractivity contribution in [1.29, 1.82) is 0 Å². The molecule has 0 aromatic carbocycles. The van der Waals surface area contributed by atoms with Gasteiger partial charge in [0.15, 0.2) is 0 Å². The highest BCUT2D eigenvalue weighted by Crippen LogP contribution is 2.21. The zero-order chi connectivity index (χ0) is 10.4. The van der Waals surface area contributed by atoms with Crippen LogP contribution < -0.4 is 5.32 Å². The highest BCUT2D eigenvalue weighted by molar-refractivity contribution is 7.85. The van der Waals surface area contributed by atoms with Gasteiger partial charge in [-0.25, -0.2) is 0 Å². The van der Waals surface area contributed by atoms with Gasteiger partial charge in [-0.3, -0.25) is 4.21 Å². The summed E-state index contributed by atoms with van der Waals surface area (Å²) in [5.74, 6) is 0. The van der Waals surface area contributed by atoms with Crippen LogP contribution in [0.25, 0.3) is 0 Å². The minimum atomic E-state index is -0.659. The summed E-state index contributed by atoms with van der Waals surface area (Å²) in [4.78, 5) is 0. The molecule has 2 nitrogen and oxygen atoms in total. The van der Waals surface area contributed by atoms with E-state index in [-0.39, 0.29) is 0 Å². The summed E-state index contributed by atoms with van der Waals surface area (Å²) in [6, 6.07) is 0.503. The van der Waals surface area contributed by atoms with Crippen LogP contribution in [0.5, 0.6) is 0 Å². The first kappa shape index (κ1) is 12.2. The van der Waals surface area contributed by atoms with Crippen molar-refractivity contribution < 1.29 is 4.21 Å². The minimum Gasteiger partial charge on any atom is -0.313 e. The van der Waals surface area contributed by atoms with Gasteiger partial charge >= 0.3 is 0 Å². The molecule has 1 aliphatic carbocycles. The van der Waals surface area contributed by atoms with Crippen molar-refractivity contribution in [2.75, 3.05) is 12.8 Å². The molecule has 3 heteroatoms. The molecule has 3 unspecified atom stereocenters. The normalized spacial score (nSPS) is 31.0. The van der Waals surface area contributed by atoms with Crippen LogP contribution in [0, 0.1) is 0 Å². The number of hydrogen-bond donors (Lipinski definition) is 1. The third kappa shape index (κ3) is 3.70. The lowest BCUT2D eigenvalue weighted by Gasteiger charge is -2.24. The van der Waals surface area contributed by atoms with Crippen LogP contribution in [0.15, 0.2) is 0 Å². The molecular weight excluding hydrogens is 194 g/mol. The lowest BCUT2D eigenvalue weighted by Crippen LogP contribution is -2.41. The third-order valence-electron chi connectivity index (χ3n) is 3.04. The van der Waals surface area contributed by atoms with Crippen molar-refractivity contribution in [3.05, 3.63) is 0 Å². The lowest BCUT2D eigenvalue weighted by atomic mass is 10.1. The Kier molecular flexibility index (Phi) is 5.71. The van der Waals surface area contributed by atoms with Crippen molar-refractivity contribution in [2.45, 2.75) is 56.7 Å². The van der Waals surface area contributed by atoms with Crippen molar-refractivity contribution >= 4 is 10.8 Å². The first-order valence-electron chi connectivity index (χ1n) is 5.81. The number of nitrogens with one attached hydrogen (secondary N) is 1. The van der Waals surface area contributed by atoms with Gasteiger partial charge in [-0.2, -0.15) is 0 Å². The standard InChI is InChI=1S/C11H23NOS/c1-3-9-12-10-7-5-4-6-8-11(10)14(2)13/h10-12H,3-9H2,1-2H3. The summed E-state index contributed by atoms with van der Waals surface area (Å²) in [7, 11) is -0.659. The zero-order valence-electron chi connectivity index (χ0n) is 9.42. The van der Waals surface area contributed by atoms with E-state index in [1.807, 2.05) is 6.26 Å². The Balaban J connectivity index is 2.50. The monoisotopic (exact) mass is 217 g/mol. The Morgan fingerprint density at radius 2 is 2.00 bits per heavy atom. The fraction of sp³-hybridized carbons (Fsp3) is 1.00. The highest BCUT2D eigenvalue weighted by atomic mass is 32.2. The van der Waals surface area contributed by atoms with E-state index in [2.05, 4.69) is 12.2 Å². The molecule has 1 rings (SSSR count). The van der Waals surface area contributed by atoms with Crippen LogP contribution in [0.2, 0.25) is 0 Å². The first-order valence-corrected chi connectivity index (χ1v) is 7.43. The fourth-order valence-electron chi connectivity index (χ4n) is 2.23. The highest BCUT2D eigenvalue weighted by Gasteiger charge is 2.25. The van der Waals surface area contributed by atoms with E-state index in [1.165, 1.54) is 32.1 Å². The van der Waals surface area contributed by atoms with Gasteiger partial charge in [0.25, 0.3) is 0 Å². The van der Waals surface area contributed by atoms with Gasteiger partial charge < -0.3 is 5.32 Å². The summed E-state index contributed by atoms with van der Waals surface area (Å²) >= 11 is 0. The van der Waals surface area contributed by atoms with Gasteiger partial charge in [0, 0.05) is 28.3 Å². The van der Waals surface area contributed by atoms with E-state index in [9.17, 15) is 4.21 Å². The molecule has 0 aliphatic heterocycles. The van der Waals surface area contributed by atoms with Gasteiger partial charge in [0.2, 0.25) is 0 Å². The Labute approximate surface area is 90.3 Å². The maximum absolute atomic E-state index is 11.6. The minimum absolute atomic E-state index is 0.393. The van der Waals surface area contributed by atoms with Gasteiger partial charge in [0.05, 0.1) is 0 Å². The number of hydrogen-bond acceptors (Lipinski definition) is 2. The first-order chi connectivity index (χ1) is 6.75. The zero-order valence-corrected chi connectivity index (χ0v) is 10.2.